The summed E-state index contributed by atoms with van der Waals surface area (Å²) in [5.74, 6) is 0.173. The number of aliphatic hydroxyl groups is 1. The van der Waals surface area contributed by atoms with Gasteiger partial charge in [-0.25, -0.2) is 8.42 Å². The lowest BCUT2D eigenvalue weighted by Crippen LogP contribution is -2.34. The second-order valence-corrected chi connectivity index (χ2v) is 6.66. The summed E-state index contributed by atoms with van der Waals surface area (Å²) in [4.78, 5) is 0. The fourth-order valence-corrected chi connectivity index (χ4v) is 2.12. The van der Waals surface area contributed by atoms with Crippen molar-refractivity contribution in [2.45, 2.75) is 44.9 Å². The fourth-order valence-electron chi connectivity index (χ4n) is 1.25. The molecule has 0 aliphatic heterocycles. The molecule has 0 aromatic carbocycles. The van der Waals surface area contributed by atoms with E-state index in [-0.39, 0.29) is 23.7 Å². The maximum atomic E-state index is 11.5. The molecule has 5 heteroatoms. The zero-order chi connectivity index (χ0) is 11.9. The quantitative estimate of drug-likeness (QED) is 0.647. The van der Waals surface area contributed by atoms with Crippen molar-refractivity contribution in [2.75, 3.05) is 18.9 Å². The Morgan fingerprint density at radius 3 is 2.33 bits per heavy atom. The first kappa shape index (κ1) is 14.9. The Labute approximate surface area is 93.0 Å². The highest BCUT2D eigenvalue weighted by Crippen LogP contribution is 2.01. The molecule has 0 radical (unpaired) electrons. The van der Waals surface area contributed by atoms with Crippen LogP contribution in [0.5, 0.6) is 0 Å². The Hall–Kier alpha value is -0.130. The fraction of sp³-hybridized carbons (Fsp3) is 1.00. The summed E-state index contributed by atoms with van der Waals surface area (Å²) in [6.07, 6.45) is 1.58. The lowest BCUT2D eigenvalue weighted by molar-refractivity contribution is 0.263. The van der Waals surface area contributed by atoms with Gasteiger partial charge in [-0.05, 0) is 26.7 Å². The van der Waals surface area contributed by atoms with Crippen molar-refractivity contribution in [3.63, 3.8) is 0 Å². The number of aliphatic hydroxyl groups excluding tert-OH is 1. The van der Waals surface area contributed by atoms with Crippen LogP contribution in [0.3, 0.4) is 0 Å². The maximum Gasteiger partial charge on any atom is 0.153 e. The summed E-state index contributed by atoms with van der Waals surface area (Å²) >= 11 is 0. The molecule has 0 heterocycles. The van der Waals surface area contributed by atoms with Crippen LogP contribution in [-0.2, 0) is 9.84 Å². The van der Waals surface area contributed by atoms with Gasteiger partial charge in [0.05, 0.1) is 11.0 Å². The molecule has 0 aromatic rings. The Bertz CT molecular complexity index is 249. The molecule has 0 aliphatic rings. The maximum absolute atomic E-state index is 11.5. The van der Waals surface area contributed by atoms with Crippen molar-refractivity contribution >= 4 is 9.84 Å². The average Bonchev–Trinajstić information content (AvgIpc) is 2.16. The molecule has 1 unspecified atom stereocenters. The van der Waals surface area contributed by atoms with Crippen LogP contribution >= 0.6 is 0 Å². The van der Waals surface area contributed by atoms with Crippen molar-refractivity contribution < 1.29 is 13.5 Å². The third kappa shape index (κ3) is 6.12. The number of hydrogen-bond donors (Lipinski definition) is 2. The predicted molar refractivity (Wildman–Crippen MR) is 62.7 cm³/mol. The van der Waals surface area contributed by atoms with Gasteiger partial charge in [-0.1, -0.05) is 6.92 Å². The molecule has 2 N–H and O–H groups in total. The van der Waals surface area contributed by atoms with Gasteiger partial charge in [0.25, 0.3) is 0 Å². The predicted octanol–water partition coefficient (Wildman–Crippen LogP) is 0.560. The molecule has 0 fully saturated rings. The summed E-state index contributed by atoms with van der Waals surface area (Å²) < 4.78 is 22.9. The Morgan fingerprint density at radius 2 is 1.93 bits per heavy atom. The smallest absolute Gasteiger partial charge is 0.153 e. The van der Waals surface area contributed by atoms with Crippen molar-refractivity contribution in [1.82, 2.24) is 5.32 Å². The van der Waals surface area contributed by atoms with Gasteiger partial charge in [-0.15, -0.1) is 0 Å². The summed E-state index contributed by atoms with van der Waals surface area (Å²) in [7, 11) is -2.94. The van der Waals surface area contributed by atoms with Gasteiger partial charge in [0.1, 0.15) is 0 Å². The van der Waals surface area contributed by atoms with E-state index in [2.05, 4.69) is 5.32 Å². The van der Waals surface area contributed by atoms with E-state index in [1.807, 2.05) is 6.92 Å². The lowest BCUT2D eigenvalue weighted by Gasteiger charge is -2.16. The number of hydrogen-bond acceptors (Lipinski definition) is 4. The molecule has 0 bridgehead atoms. The van der Waals surface area contributed by atoms with Crippen LogP contribution in [0, 0.1) is 0 Å². The van der Waals surface area contributed by atoms with E-state index in [0.717, 1.165) is 6.42 Å². The van der Waals surface area contributed by atoms with Crippen LogP contribution in [0.2, 0.25) is 0 Å². The van der Waals surface area contributed by atoms with Crippen molar-refractivity contribution in [1.29, 1.82) is 0 Å². The van der Waals surface area contributed by atoms with Crippen LogP contribution < -0.4 is 5.32 Å². The van der Waals surface area contributed by atoms with Gasteiger partial charge in [0.15, 0.2) is 9.84 Å². The zero-order valence-corrected chi connectivity index (χ0v) is 10.7. The molecule has 0 amide bonds. The first-order valence-electron chi connectivity index (χ1n) is 5.49. The molecule has 0 spiro atoms. The average molecular weight is 237 g/mol. The third-order valence-corrected chi connectivity index (χ3v) is 4.72. The molecule has 0 aliphatic carbocycles. The minimum atomic E-state index is -2.94. The summed E-state index contributed by atoms with van der Waals surface area (Å²) in [5.41, 5.74) is 0. The summed E-state index contributed by atoms with van der Waals surface area (Å²) in [6.45, 7) is 6.02. The van der Waals surface area contributed by atoms with Gasteiger partial charge in [0, 0.05) is 19.2 Å². The van der Waals surface area contributed by atoms with Crippen molar-refractivity contribution in [3.05, 3.63) is 0 Å². The van der Waals surface area contributed by atoms with E-state index in [1.54, 1.807) is 13.8 Å². The second kappa shape index (κ2) is 7.19. The molecule has 0 aromatic heterocycles. The van der Waals surface area contributed by atoms with E-state index >= 15 is 0 Å². The number of rotatable bonds is 8. The van der Waals surface area contributed by atoms with E-state index in [9.17, 15) is 8.42 Å². The highest BCUT2D eigenvalue weighted by Gasteiger charge is 2.15. The van der Waals surface area contributed by atoms with Gasteiger partial charge in [-0.2, -0.15) is 0 Å². The normalized spacial score (nSPS) is 14.5. The molecule has 92 valence electrons. The zero-order valence-electron chi connectivity index (χ0n) is 9.86. The van der Waals surface area contributed by atoms with E-state index in [4.69, 9.17) is 5.11 Å². The van der Waals surface area contributed by atoms with Crippen LogP contribution in [0.1, 0.15) is 33.6 Å². The Balaban J connectivity index is 3.87. The van der Waals surface area contributed by atoms with Gasteiger partial charge >= 0.3 is 0 Å². The topological polar surface area (TPSA) is 66.4 Å². The largest absolute Gasteiger partial charge is 0.396 e. The minimum Gasteiger partial charge on any atom is -0.396 e. The standard InChI is InChI=1S/C10H23NO3S/c1-4-10(5-7-12)11-6-8-15(13,14)9(2)3/h9-12H,4-8H2,1-3H3. The lowest BCUT2D eigenvalue weighted by atomic mass is 10.1. The van der Waals surface area contributed by atoms with E-state index in [1.165, 1.54) is 0 Å². The van der Waals surface area contributed by atoms with Crippen molar-refractivity contribution in [2.24, 2.45) is 0 Å². The monoisotopic (exact) mass is 237 g/mol. The Kier molecular flexibility index (Phi) is 7.13. The number of sulfone groups is 1. The van der Waals surface area contributed by atoms with Crippen LogP contribution in [0.15, 0.2) is 0 Å². The minimum absolute atomic E-state index is 0.141. The van der Waals surface area contributed by atoms with Crippen molar-refractivity contribution in [3.8, 4) is 0 Å². The molecular formula is C10H23NO3S. The van der Waals surface area contributed by atoms with Crippen LogP contribution in [-0.4, -0.2) is 43.7 Å². The molecule has 15 heavy (non-hydrogen) atoms. The SMILES string of the molecule is CCC(CCO)NCCS(=O)(=O)C(C)C. The van der Waals surface area contributed by atoms with E-state index in [0.29, 0.717) is 13.0 Å². The first-order valence-corrected chi connectivity index (χ1v) is 7.21. The van der Waals surface area contributed by atoms with Gasteiger partial charge < -0.3 is 10.4 Å². The molecular weight excluding hydrogens is 214 g/mol. The number of nitrogens with one attached hydrogen (secondary N) is 1. The van der Waals surface area contributed by atoms with Gasteiger partial charge in [-0.3, -0.25) is 0 Å². The summed E-state index contributed by atoms with van der Waals surface area (Å²) in [5, 5.41) is 11.6. The molecule has 0 saturated carbocycles. The Morgan fingerprint density at radius 1 is 1.33 bits per heavy atom. The molecule has 4 nitrogen and oxygen atoms in total. The van der Waals surface area contributed by atoms with Crippen LogP contribution in [0.4, 0.5) is 0 Å². The highest BCUT2D eigenvalue weighted by atomic mass is 32.2. The van der Waals surface area contributed by atoms with Crippen LogP contribution in [0.25, 0.3) is 0 Å². The molecule has 1 atom stereocenters. The molecule has 0 rings (SSSR count). The second-order valence-electron chi connectivity index (χ2n) is 3.99. The first-order chi connectivity index (χ1) is 6.94. The third-order valence-electron chi connectivity index (χ3n) is 2.51. The highest BCUT2D eigenvalue weighted by molar-refractivity contribution is 7.92. The summed E-state index contributed by atoms with van der Waals surface area (Å²) in [6, 6.07) is 0.220. The molecule has 0 saturated heterocycles. The van der Waals surface area contributed by atoms with Gasteiger partial charge in [0.2, 0.25) is 0 Å². The van der Waals surface area contributed by atoms with E-state index < -0.39 is 9.84 Å².